The van der Waals surface area contributed by atoms with Gasteiger partial charge in [-0.3, -0.25) is 0 Å². The molecule has 1 heterocycles. The molecule has 0 aromatic carbocycles. The van der Waals surface area contributed by atoms with Crippen LogP contribution >= 0.6 is 11.6 Å². The summed E-state index contributed by atoms with van der Waals surface area (Å²) in [7, 11) is -3.48. The van der Waals surface area contributed by atoms with Gasteiger partial charge in [0.1, 0.15) is 5.82 Å². The first-order chi connectivity index (χ1) is 8.06. The molecule has 0 aliphatic carbocycles. The van der Waals surface area contributed by atoms with Gasteiger partial charge in [0.05, 0.1) is 6.20 Å². The molecule has 0 bridgehead atoms. The zero-order chi connectivity index (χ0) is 12.9. The lowest BCUT2D eigenvalue weighted by atomic mass is 10.5. The van der Waals surface area contributed by atoms with Gasteiger partial charge < -0.3 is 4.98 Å². The van der Waals surface area contributed by atoms with E-state index in [1.807, 2.05) is 13.8 Å². The highest BCUT2D eigenvalue weighted by Crippen LogP contribution is 2.14. The number of aromatic amines is 1. The van der Waals surface area contributed by atoms with Crippen LogP contribution in [0.2, 0.25) is 0 Å². The van der Waals surface area contributed by atoms with Crippen LogP contribution in [0.1, 0.15) is 26.1 Å². The van der Waals surface area contributed by atoms with E-state index in [1.54, 1.807) is 0 Å². The van der Waals surface area contributed by atoms with E-state index in [1.165, 1.54) is 10.5 Å². The molecule has 1 aromatic heterocycles. The Morgan fingerprint density at radius 3 is 2.59 bits per heavy atom. The average Bonchev–Trinajstić information content (AvgIpc) is 2.78. The molecule has 1 N–H and O–H groups in total. The number of aryl methyl sites for hydroxylation is 1. The minimum Gasteiger partial charge on any atom is -0.332 e. The normalized spacial score (nSPS) is 12.2. The van der Waals surface area contributed by atoms with Crippen LogP contribution in [0.25, 0.3) is 0 Å². The number of rotatable bonds is 7. The fraction of sp³-hybridized carbons (Fsp3) is 0.700. The molecule has 98 valence electrons. The van der Waals surface area contributed by atoms with E-state index in [9.17, 15) is 8.42 Å². The summed E-state index contributed by atoms with van der Waals surface area (Å²) in [6, 6.07) is 0. The van der Waals surface area contributed by atoms with E-state index < -0.39 is 10.0 Å². The van der Waals surface area contributed by atoms with Gasteiger partial charge in [-0.1, -0.05) is 13.8 Å². The van der Waals surface area contributed by atoms with Gasteiger partial charge >= 0.3 is 0 Å². The first-order valence-corrected chi connectivity index (χ1v) is 7.63. The number of nitrogens with zero attached hydrogens (tertiary/aromatic N) is 2. The van der Waals surface area contributed by atoms with Crippen LogP contribution in [0, 0.1) is 0 Å². The lowest BCUT2D eigenvalue weighted by molar-refractivity contribution is 0.426. The largest absolute Gasteiger partial charge is 0.332 e. The number of hydrogen-bond donors (Lipinski definition) is 1. The van der Waals surface area contributed by atoms with E-state index in [2.05, 4.69) is 9.97 Å². The highest BCUT2D eigenvalue weighted by atomic mass is 35.5. The maximum Gasteiger partial charge on any atom is 0.260 e. The van der Waals surface area contributed by atoms with Crippen LogP contribution < -0.4 is 0 Å². The number of imidazole rings is 1. The van der Waals surface area contributed by atoms with Crippen molar-refractivity contribution in [1.82, 2.24) is 14.3 Å². The van der Waals surface area contributed by atoms with Gasteiger partial charge in [-0.25, -0.2) is 13.4 Å². The van der Waals surface area contributed by atoms with Crippen LogP contribution in [0.4, 0.5) is 0 Å². The van der Waals surface area contributed by atoms with Crippen molar-refractivity contribution in [1.29, 1.82) is 0 Å². The predicted octanol–water partition coefficient (Wildman–Crippen LogP) is 1.61. The Balaban J connectivity index is 2.98. The molecule has 0 unspecified atom stereocenters. The summed E-state index contributed by atoms with van der Waals surface area (Å²) in [5.74, 6) is 0.958. The maximum absolute atomic E-state index is 12.2. The number of H-pyrrole nitrogens is 1. The molecule has 0 spiro atoms. The highest BCUT2D eigenvalue weighted by molar-refractivity contribution is 7.89. The van der Waals surface area contributed by atoms with E-state index in [4.69, 9.17) is 11.6 Å². The van der Waals surface area contributed by atoms with Crippen molar-refractivity contribution >= 4 is 21.6 Å². The summed E-state index contributed by atoms with van der Waals surface area (Å²) < 4.78 is 25.9. The fourth-order valence-corrected chi connectivity index (χ4v) is 3.26. The van der Waals surface area contributed by atoms with Gasteiger partial charge in [-0.15, -0.1) is 11.6 Å². The van der Waals surface area contributed by atoms with Crippen molar-refractivity contribution in [3.63, 3.8) is 0 Å². The Morgan fingerprint density at radius 2 is 2.12 bits per heavy atom. The second-order valence-corrected chi connectivity index (χ2v) is 5.93. The minimum absolute atomic E-state index is 0.146. The van der Waals surface area contributed by atoms with Gasteiger partial charge in [0.15, 0.2) is 5.03 Å². The molecule has 0 atom stereocenters. The third-order valence-electron chi connectivity index (χ3n) is 2.36. The number of hydrogen-bond acceptors (Lipinski definition) is 3. The Morgan fingerprint density at radius 1 is 1.41 bits per heavy atom. The lowest BCUT2D eigenvalue weighted by Crippen LogP contribution is -2.33. The highest BCUT2D eigenvalue weighted by Gasteiger charge is 2.25. The number of halogens is 1. The number of nitrogens with one attached hydrogen (secondary N) is 1. The molecule has 1 rings (SSSR count). The van der Waals surface area contributed by atoms with Crippen LogP contribution in [0.3, 0.4) is 0 Å². The molecule has 17 heavy (non-hydrogen) atoms. The topological polar surface area (TPSA) is 66.1 Å². The van der Waals surface area contributed by atoms with Gasteiger partial charge in [0, 0.05) is 25.4 Å². The van der Waals surface area contributed by atoms with Crippen LogP contribution in [-0.4, -0.2) is 41.7 Å². The molecule has 1 aromatic rings. The molecule has 0 saturated heterocycles. The number of alkyl halides is 1. The Hall–Kier alpha value is -0.590. The van der Waals surface area contributed by atoms with Crippen molar-refractivity contribution in [2.75, 3.05) is 19.0 Å². The molecular formula is C10H18ClN3O2S. The molecule has 0 aliphatic rings. The van der Waals surface area contributed by atoms with E-state index in [0.29, 0.717) is 25.3 Å². The van der Waals surface area contributed by atoms with E-state index in [0.717, 1.165) is 6.42 Å². The van der Waals surface area contributed by atoms with E-state index in [-0.39, 0.29) is 10.9 Å². The van der Waals surface area contributed by atoms with Crippen LogP contribution in [0.15, 0.2) is 11.2 Å². The summed E-state index contributed by atoms with van der Waals surface area (Å²) in [5.41, 5.74) is 0. The van der Waals surface area contributed by atoms with E-state index >= 15 is 0 Å². The number of sulfonamides is 1. The zero-order valence-corrected chi connectivity index (χ0v) is 11.7. The SMILES string of the molecule is CCCN(CCCl)S(=O)(=O)c1cnc(CC)[nH]1. The van der Waals surface area contributed by atoms with Crippen molar-refractivity contribution in [2.24, 2.45) is 0 Å². The quantitative estimate of drug-likeness (QED) is 0.771. The average molecular weight is 280 g/mol. The Kier molecular flexibility index (Phi) is 5.42. The third-order valence-corrected chi connectivity index (χ3v) is 4.34. The van der Waals surface area contributed by atoms with Crippen molar-refractivity contribution in [3.05, 3.63) is 12.0 Å². The first-order valence-electron chi connectivity index (χ1n) is 5.66. The van der Waals surface area contributed by atoms with Crippen molar-refractivity contribution in [2.45, 2.75) is 31.7 Å². The minimum atomic E-state index is -3.48. The smallest absolute Gasteiger partial charge is 0.260 e. The van der Waals surface area contributed by atoms with Gasteiger partial charge in [0.25, 0.3) is 10.0 Å². The predicted molar refractivity (Wildman–Crippen MR) is 67.7 cm³/mol. The standard InChI is InChI=1S/C10H18ClN3O2S/c1-3-6-14(7-5-11)17(15,16)10-8-12-9(4-2)13-10/h8H,3-7H2,1-2H3,(H,12,13). The first kappa shape index (κ1) is 14.5. The third kappa shape index (κ3) is 3.43. The summed E-state index contributed by atoms with van der Waals surface area (Å²) in [6.45, 7) is 4.63. The van der Waals surface area contributed by atoms with Gasteiger partial charge in [0.2, 0.25) is 0 Å². The fourth-order valence-electron chi connectivity index (χ4n) is 1.49. The van der Waals surface area contributed by atoms with Crippen LogP contribution in [0.5, 0.6) is 0 Å². The molecule has 7 heteroatoms. The second kappa shape index (κ2) is 6.37. The number of aromatic nitrogens is 2. The monoisotopic (exact) mass is 279 g/mol. The summed E-state index contributed by atoms with van der Waals surface area (Å²) in [6.07, 6.45) is 2.80. The molecule has 0 aliphatic heterocycles. The lowest BCUT2D eigenvalue weighted by Gasteiger charge is -2.19. The summed E-state index contributed by atoms with van der Waals surface area (Å²) in [5, 5.41) is 0.146. The molecule has 5 nitrogen and oxygen atoms in total. The van der Waals surface area contributed by atoms with Crippen molar-refractivity contribution < 1.29 is 8.42 Å². The second-order valence-electron chi connectivity index (χ2n) is 3.64. The Bertz CT molecular complexity index is 438. The van der Waals surface area contributed by atoms with Crippen molar-refractivity contribution in [3.8, 4) is 0 Å². The van der Waals surface area contributed by atoms with Crippen LogP contribution in [-0.2, 0) is 16.4 Å². The molecular weight excluding hydrogens is 262 g/mol. The molecule has 0 saturated carbocycles. The summed E-state index contributed by atoms with van der Waals surface area (Å²) >= 11 is 5.63. The van der Waals surface area contributed by atoms with Gasteiger partial charge in [-0.05, 0) is 6.42 Å². The van der Waals surface area contributed by atoms with Gasteiger partial charge in [-0.2, -0.15) is 4.31 Å². The Labute approximate surface area is 107 Å². The molecule has 0 fully saturated rings. The zero-order valence-electron chi connectivity index (χ0n) is 10.1. The molecule has 0 amide bonds. The maximum atomic E-state index is 12.2. The molecule has 0 radical (unpaired) electrons. The summed E-state index contributed by atoms with van der Waals surface area (Å²) in [4.78, 5) is 6.83.